The molecule has 3 fully saturated rings. The highest BCUT2D eigenvalue weighted by Crippen LogP contribution is 2.80. The van der Waals surface area contributed by atoms with Gasteiger partial charge < -0.3 is 14.6 Å². The first-order valence-corrected chi connectivity index (χ1v) is 11.1. The summed E-state index contributed by atoms with van der Waals surface area (Å²) in [5, 5.41) is 21.8. The summed E-state index contributed by atoms with van der Waals surface area (Å²) in [7, 11) is 1.58. The van der Waals surface area contributed by atoms with Crippen molar-refractivity contribution in [1.29, 1.82) is 0 Å². The lowest BCUT2D eigenvalue weighted by Gasteiger charge is -2.74. The number of tetrazole rings is 1. The fourth-order valence-corrected chi connectivity index (χ4v) is 5.68. The number of rotatable bonds is 10. The molecule has 1 unspecified atom stereocenters. The zero-order valence-electron chi connectivity index (χ0n) is 18.9. The van der Waals surface area contributed by atoms with Crippen molar-refractivity contribution in [3.63, 3.8) is 0 Å². The Bertz CT molecular complexity index is 1190. The third-order valence-electron chi connectivity index (χ3n) is 7.40. The molecule has 3 aliphatic rings. The van der Waals surface area contributed by atoms with Crippen molar-refractivity contribution in [3.8, 4) is 5.75 Å². The van der Waals surface area contributed by atoms with Gasteiger partial charge >= 0.3 is 0 Å². The quantitative estimate of drug-likeness (QED) is 0.344. The lowest BCUT2D eigenvalue weighted by molar-refractivity contribution is -0.347. The Morgan fingerprint density at radius 1 is 1.06 bits per heavy atom. The van der Waals surface area contributed by atoms with E-state index in [2.05, 4.69) is 15.5 Å². The van der Waals surface area contributed by atoms with Gasteiger partial charge in [0.2, 0.25) is 0 Å². The maximum atomic E-state index is 16.2. The van der Waals surface area contributed by atoms with Gasteiger partial charge in [-0.15, -0.1) is 5.10 Å². The molecular formula is C24H24F4N4O3. The van der Waals surface area contributed by atoms with Crippen molar-refractivity contribution in [2.75, 3.05) is 20.3 Å². The maximum absolute atomic E-state index is 16.2. The van der Waals surface area contributed by atoms with Crippen LogP contribution in [0.3, 0.4) is 0 Å². The fourth-order valence-electron chi connectivity index (χ4n) is 5.68. The Kier molecular flexibility index (Phi) is 5.59. The molecule has 0 spiro atoms. The lowest BCUT2D eigenvalue weighted by Crippen LogP contribution is -2.76. The van der Waals surface area contributed by atoms with E-state index in [1.807, 2.05) is 12.1 Å². The number of methoxy groups -OCH3 is 1. The highest BCUT2D eigenvalue weighted by molar-refractivity contribution is 5.44. The van der Waals surface area contributed by atoms with Crippen LogP contribution in [0.1, 0.15) is 30.4 Å². The first kappa shape index (κ1) is 23.7. The number of aliphatic hydroxyl groups is 1. The van der Waals surface area contributed by atoms with Crippen LogP contribution >= 0.6 is 0 Å². The predicted molar refractivity (Wildman–Crippen MR) is 115 cm³/mol. The molecule has 0 saturated heterocycles. The van der Waals surface area contributed by atoms with E-state index in [9.17, 15) is 13.9 Å². The molecule has 186 valence electrons. The Balaban J connectivity index is 1.40. The van der Waals surface area contributed by atoms with Gasteiger partial charge in [0.05, 0.1) is 13.2 Å². The molecule has 35 heavy (non-hydrogen) atoms. The Labute approximate surface area is 198 Å². The first-order valence-electron chi connectivity index (χ1n) is 11.1. The molecule has 1 heterocycles. The van der Waals surface area contributed by atoms with Crippen LogP contribution in [0.2, 0.25) is 0 Å². The topological polar surface area (TPSA) is 82.3 Å². The minimum Gasteiger partial charge on any atom is -0.491 e. The molecule has 3 saturated carbocycles. The summed E-state index contributed by atoms with van der Waals surface area (Å²) < 4.78 is 72.0. The molecule has 1 aromatic heterocycles. The second-order valence-electron chi connectivity index (χ2n) is 9.52. The molecule has 0 aliphatic heterocycles. The van der Waals surface area contributed by atoms with E-state index in [1.165, 1.54) is 0 Å². The van der Waals surface area contributed by atoms with Crippen LogP contribution in [-0.2, 0) is 22.3 Å². The number of benzene rings is 2. The summed E-state index contributed by atoms with van der Waals surface area (Å²) >= 11 is 0. The van der Waals surface area contributed by atoms with Crippen LogP contribution in [0.15, 0.2) is 48.8 Å². The van der Waals surface area contributed by atoms with Crippen LogP contribution in [0.4, 0.5) is 17.6 Å². The van der Waals surface area contributed by atoms with E-state index in [1.54, 1.807) is 19.2 Å². The standard InChI is InChI=1S/C24H24F4N4O3/c1-34-8-9-35-18-5-2-16(3-6-18)21-11-22(12-21,13-21)24(27,28)23(33,14-32-15-29-30-31-32)19-7-4-17(25)10-20(19)26/h2-7,10,15,33H,8-9,11-14H2,1H3. The highest BCUT2D eigenvalue weighted by atomic mass is 19.3. The van der Waals surface area contributed by atoms with Crippen LogP contribution in [-0.4, -0.2) is 51.6 Å². The third-order valence-corrected chi connectivity index (χ3v) is 7.40. The Hall–Kier alpha value is -3.05. The van der Waals surface area contributed by atoms with Crippen molar-refractivity contribution in [3.05, 3.63) is 71.6 Å². The molecule has 1 N–H and O–H groups in total. The molecule has 3 aromatic rings. The second kappa shape index (κ2) is 8.27. The Morgan fingerprint density at radius 3 is 2.37 bits per heavy atom. The van der Waals surface area contributed by atoms with E-state index in [0.717, 1.165) is 28.7 Å². The molecule has 3 aliphatic carbocycles. The highest BCUT2D eigenvalue weighted by Gasteiger charge is 2.82. The number of alkyl halides is 2. The third kappa shape index (κ3) is 3.59. The van der Waals surface area contributed by atoms with Crippen molar-refractivity contribution in [1.82, 2.24) is 20.2 Å². The summed E-state index contributed by atoms with van der Waals surface area (Å²) in [6, 6.07) is 9.48. The Morgan fingerprint density at radius 2 is 1.77 bits per heavy atom. The predicted octanol–water partition coefficient (Wildman–Crippen LogP) is 3.62. The number of hydrogen-bond donors (Lipinski definition) is 1. The minimum absolute atomic E-state index is 0.123. The number of hydrogen-bond acceptors (Lipinski definition) is 6. The van der Waals surface area contributed by atoms with Crippen LogP contribution in [0, 0.1) is 17.0 Å². The number of nitrogens with zero attached hydrogens (tertiary/aromatic N) is 4. The summed E-state index contributed by atoms with van der Waals surface area (Å²) in [6.07, 6.45) is 1.43. The smallest absolute Gasteiger partial charge is 0.287 e. The van der Waals surface area contributed by atoms with E-state index in [-0.39, 0.29) is 19.3 Å². The molecule has 6 rings (SSSR count). The zero-order valence-corrected chi connectivity index (χ0v) is 18.9. The van der Waals surface area contributed by atoms with Crippen LogP contribution in [0.5, 0.6) is 5.75 Å². The van der Waals surface area contributed by atoms with Gasteiger partial charge in [0.1, 0.15) is 30.3 Å². The van der Waals surface area contributed by atoms with Gasteiger partial charge in [-0.25, -0.2) is 22.2 Å². The van der Waals surface area contributed by atoms with Gasteiger partial charge in [0, 0.05) is 24.2 Å². The molecule has 0 amide bonds. The fraction of sp³-hybridized carbons (Fsp3) is 0.458. The van der Waals surface area contributed by atoms with Gasteiger partial charge in [-0.05, 0) is 64.9 Å². The van der Waals surface area contributed by atoms with Gasteiger partial charge in [-0.2, -0.15) is 0 Å². The molecule has 11 heteroatoms. The van der Waals surface area contributed by atoms with Crippen molar-refractivity contribution < 1.29 is 32.1 Å². The average Bonchev–Trinajstić information content (AvgIpc) is 3.25. The van der Waals surface area contributed by atoms with Gasteiger partial charge in [0.25, 0.3) is 5.92 Å². The van der Waals surface area contributed by atoms with E-state index in [0.29, 0.717) is 25.0 Å². The molecule has 7 nitrogen and oxygen atoms in total. The second-order valence-corrected chi connectivity index (χ2v) is 9.52. The molecule has 1 atom stereocenters. The van der Waals surface area contributed by atoms with E-state index >= 15 is 8.78 Å². The zero-order chi connectivity index (χ0) is 24.9. The average molecular weight is 492 g/mol. The maximum Gasteiger partial charge on any atom is 0.287 e. The SMILES string of the molecule is COCCOc1ccc(C23CC(C(F)(F)C(O)(Cn4cnnn4)c4ccc(F)cc4F)(C2)C3)cc1. The van der Waals surface area contributed by atoms with Crippen LogP contribution in [0.25, 0.3) is 0 Å². The monoisotopic (exact) mass is 492 g/mol. The van der Waals surface area contributed by atoms with E-state index in [4.69, 9.17) is 9.47 Å². The van der Waals surface area contributed by atoms with Crippen molar-refractivity contribution in [2.45, 2.75) is 42.7 Å². The van der Waals surface area contributed by atoms with Crippen molar-refractivity contribution >= 4 is 0 Å². The largest absolute Gasteiger partial charge is 0.491 e. The summed E-state index contributed by atoms with van der Waals surface area (Å²) in [5.74, 6) is -5.29. The van der Waals surface area contributed by atoms with E-state index < -0.39 is 46.1 Å². The summed E-state index contributed by atoms with van der Waals surface area (Å²) in [6.45, 7) is 0.0550. The number of aromatic nitrogens is 4. The van der Waals surface area contributed by atoms with Crippen LogP contribution < -0.4 is 4.74 Å². The van der Waals surface area contributed by atoms with Crippen molar-refractivity contribution in [2.24, 2.45) is 5.41 Å². The summed E-state index contributed by atoms with van der Waals surface area (Å²) in [5.41, 5.74) is -4.76. The molecule has 2 bridgehead atoms. The molecule has 0 radical (unpaired) electrons. The molecule has 2 aromatic carbocycles. The number of ether oxygens (including phenoxy) is 2. The first-order chi connectivity index (χ1) is 16.6. The van der Waals surface area contributed by atoms with Gasteiger partial charge in [0.15, 0.2) is 5.60 Å². The minimum atomic E-state index is -3.75. The molecular weight excluding hydrogens is 468 g/mol. The lowest BCUT2D eigenvalue weighted by atomic mass is 9.30. The number of halogens is 4. The van der Waals surface area contributed by atoms with Gasteiger partial charge in [-0.3, -0.25) is 0 Å². The summed E-state index contributed by atoms with van der Waals surface area (Å²) in [4.78, 5) is 0. The van der Waals surface area contributed by atoms with Gasteiger partial charge in [-0.1, -0.05) is 12.1 Å². The normalized spacial score (nSPS) is 24.9.